The van der Waals surface area contributed by atoms with Crippen LogP contribution in [0, 0.1) is 5.82 Å². The molecule has 0 radical (unpaired) electrons. The van der Waals surface area contributed by atoms with Crippen LogP contribution >= 0.6 is 11.8 Å². The maximum atomic E-state index is 13.7. The zero-order chi connectivity index (χ0) is 13.9. The van der Waals surface area contributed by atoms with Crippen LogP contribution in [0.1, 0.15) is 30.0 Å². The molecular formula is C17H18FNS. The molecular weight excluding hydrogens is 269 g/mol. The molecule has 1 aliphatic heterocycles. The number of benzene rings is 2. The first-order chi connectivity index (χ1) is 9.75. The third-order valence-electron chi connectivity index (χ3n) is 3.84. The SMILES string of the molecule is CC(NCC1CSc2ccccc21)c1ccccc1F. The number of fused-ring (bicyclic) bond motifs is 1. The third kappa shape index (κ3) is 2.74. The van der Waals surface area contributed by atoms with Crippen molar-refractivity contribution in [3.8, 4) is 0 Å². The Kier molecular flexibility index (Phi) is 4.08. The molecule has 1 aliphatic rings. The van der Waals surface area contributed by atoms with Gasteiger partial charge in [0.05, 0.1) is 0 Å². The second-order valence-electron chi connectivity index (χ2n) is 5.20. The van der Waals surface area contributed by atoms with E-state index >= 15 is 0 Å². The summed E-state index contributed by atoms with van der Waals surface area (Å²) >= 11 is 1.91. The van der Waals surface area contributed by atoms with Crippen LogP contribution in [0.2, 0.25) is 0 Å². The topological polar surface area (TPSA) is 12.0 Å². The minimum atomic E-state index is -0.131. The standard InChI is InChI=1S/C17H18FNS/c1-12(14-6-2-4-8-16(14)18)19-10-13-11-20-17-9-5-3-7-15(13)17/h2-9,12-13,19H,10-11H2,1H3. The predicted octanol–water partition coefficient (Wildman–Crippen LogP) is 4.37. The summed E-state index contributed by atoms with van der Waals surface area (Å²) < 4.78 is 13.7. The zero-order valence-electron chi connectivity index (χ0n) is 11.5. The molecule has 20 heavy (non-hydrogen) atoms. The molecule has 0 amide bonds. The first-order valence-corrected chi connectivity index (χ1v) is 7.94. The molecule has 1 heterocycles. The highest BCUT2D eigenvalue weighted by Crippen LogP contribution is 2.39. The Labute approximate surface area is 123 Å². The van der Waals surface area contributed by atoms with Crippen LogP contribution in [-0.2, 0) is 0 Å². The summed E-state index contributed by atoms with van der Waals surface area (Å²) in [6.45, 7) is 2.91. The zero-order valence-corrected chi connectivity index (χ0v) is 12.3. The van der Waals surface area contributed by atoms with Crippen molar-refractivity contribution in [3.05, 3.63) is 65.5 Å². The average Bonchev–Trinajstić information content (AvgIpc) is 2.88. The molecule has 3 heteroatoms. The van der Waals surface area contributed by atoms with Crippen LogP contribution in [0.25, 0.3) is 0 Å². The van der Waals surface area contributed by atoms with Crippen molar-refractivity contribution in [3.63, 3.8) is 0 Å². The maximum Gasteiger partial charge on any atom is 0.127 e. The summed E-state index contributed by atoms with van der Waals surface area (Å²) in [6, 6.07) is 15.6. The van der Waals surface area contributed by atoms with E-state index in [0.29, 0.717) is 5.92 Å². The number of hydrogen-bond donors (Lipinski definition) is 1. The lowest BCUT2D eigenvalue weighted by Crippen LogP contribution is -2.25. The van der Waals surface area contributed by atoms with Gasteiger partial charge in [-0.25, -0.2) is 4.39 Å². The first-order valence-electron chi connectivity index (χ1n) is 6.95. The van der Waals surface area contributed by atoms with Crippen molar-refractivity contribution < 1.29 is 4.39 Å². The Morgan fingerprint density at radius 1 is 1.20 bits per heavy atom. The Morgan fingerprint density at radius 3 is 2.80 bits per heavy atom. The van der Waals surface area contributed by atoms with Crippen molar-refractivity contribution in [2.24, 2.45) is 0 Å². The molecule has 2 atom stereocenters. The summed E-state index contributed by atoms with van der Waals surface area (Å²) in [7, 11) is 0. The fourth-order valence-corrected chi connectivity index (χ4v) is 3.91. The smallest absolute Gasteiger partial charge is 0.127 e. The lowest BCUT2D eigenvalue weighted by Gasteiger charge is -2.18. The van der Waals surface area contributed by atoms with Crippen molar-refractivity contribution in [1.82, 2.24) is 5.32 Å². The molecule has 2 aromatic carbocycles. The molecule has 0 aliphatic carbocycles. The normalized spacial score (nSPS) is 18.8. The Balaban J connectivity index is 1.65. The summed E-state index contributed by atoms with van der Waals surface area (Å²) in [5.74, 6) is 1.50. The molecule has 1 N–H and O–H groups in total. The van der Waals surface area contributed by atoms with Gasteiger partial charge in [0.15, 0.2) is 0 Å². The maximum absolute atomic E-state index is 13.7. The highest BCUT2D eigenvalue weighted by atomic mass is 32.2. The number of rotatable bonds is 4. The quantitative estimate of drug-likeness (QED) is 0.896. The van der Waals surface area contributed by atoms with E-state index in [1.54, 1.807) is 6.07 Å². The largest absolute Gasteiger partial charge is 0.309 e. The van der Waals surface area contributed by atoms with E-state index in [0.717, 1.165) is 17.9 Å². The summed E-state index contributed by atoms with van der Waals surface area (Å²) in [4.78, 5) is 1.39. The molecule has 0 bridgehead atoms. The van der Waals surface area contributed by atoms with Crippen LogP contribution in [0.15, 0.2) is 53.4 Å². The van der Waals surface area contributed by atoms with Gasteiger partial charge < -0.3 is 5.32 Å². The summed E-state index contributed by atoms with van der Waals surface area (Å²) in [6.07, 6.45) is 0. The number of hydrogen-bond acceptors (Lipinski definition) is 2. The van der Waals surface area contributed by atoms with E-state index in [1.165, 1.54) is 16.5 Å². The van der Waals surface area contributed by atoms with E-state index in [2.05, 4.69) is 29.6 Å². The fraction of sp³-hybridized carbons (Fsp3) is 0.294. The molecule has 0 saturated carbocycles. The molecule has 0 saturated heterocycles. The van der Waals surface area contributed by atoms with E-state index in [1.807, 2.05) is 30.8 Å². The molecule has 0 aromatic heterocycles. The van der Waals surface area contributed by atoms with Crippen LogP contribution in [-0.4, -0.2) is 12.3 Å². The van der Waals surface area contributed by atoms with Gasteiger partial charge in [0, 0.05) is 34.7 Å². The molecule has 0 spiro atoms. The van der Waals surface area contributed by atoms with Gasteiger partial charge in [-0.2, -0.15) is 0 Å². The van der Waals surface area contributed by atoms with E-state index in [4.69, 9.17) is 0 Å². The predicted molar refractivity (Wildman–Crippen MR) is 82.7 cm³/mol. The van der Waals surface area contributed by atoms with Crippen molar-refractivity contribution in [2.75, 3.05) is 12.3 Å². The second-order valence-corrected chi connectivity index (χ2v) is 6.26. The van der Waals surface area contributed by atoms with E-state index in [9.17, 15) is 4.39 Å². The van der Waals surface area contributed by atoms with Crippen LogP contribution in [0.5, 0.6) is 0 Å². The van der Waals surface area contributed by atoms with Crippen LogP contribution in [0.4, 0.5) is 4.39 Å². The molecule has 1 nitrogen and oxygen atoms in total. The van der Waals surface area contributed by atoms with Crippen LogP contribution in [0.3, 0.4) is 0 Å². The Hall–Kier alpha value is -1.32. The molecule has 2 unspecified atom stereocenters. The number of thioether (sulfide) groups is 1. The second kappa shape index (κ2) is 5.98. The van der Waals surface area contributed by atoms with Crippen molar-refractivity contribution in [1.29, 1.82) is 0 Å². The Morgan fingerprint density at radius 2 is 1.95 bits per heavy atom. The third-order valence-corrected chi connectivity index (χ3v) is 5.09. The van der Waals surface area contributed by atoms with Gasteiger partial charge in [-0.05, 0) is 24.6 Å². The fourth-order valence-electron chi connectivity index (χ4n) is 2.65. The molecule has 3 rings (SSSR count). The van der Waals surface area contributed by atoms with Gasteiger partial charge in [0.1, 0.15) is 5.82 Å². The van der Waals surface area contributed by atoms with Gasteiger partial charge >= 0.3 is 0 Å². The minimum Gasteiger partial charge on any atom is -0.309 e. The number of halogens is 1. The summed E-state index contributed by atoms with van der Waals surface area (Å²) in [5.41, 5.74) is 2.16. The average molecular weight is 287 g/mol. The van der Waals surface area contributed by atoms with Gasteiger partial charge in [-0.1, -0.05) is 36.4 Å². The highest BCUT2D eigenvalue weighted by molar-refractivity contribution is 7.99. The van der Waals surface area contributed by atoms with Crippen molar-refractivity contribution in [2.45, 2.75) is 23.8 Å². The minimum absolute atomic E-state index is 0.0361. The van der Waals surface area contributed by atoms with Gasteiger partial charge in [-0.15, -0.1) is 11.8 Å². The lowest BCUT2D eigenvalue weighted by molar-refractivity contribution is 0.510. The molecule has 2 aromatic rings. The van der Waals surface area contributed by atoms with Crippen molar-refractivity contribution >= 4 is 11.8 Å². The van der Waals surface area contributed by atoms with E-state index in [-0.39, 0.29) is 11.9 Å². The number of nitrogens with one attached hydrogen (secondary N) is 1. The van der Waals surface area contributed by atoms with E-state index < -0.39 is 0 Å². The van der Waals surface area contributed by atoms with Gasteiger partial charge in [0.2, 0.25) is 0 Å². The highest BCUT2D eigenvalue weighted by Gasteiger charge is 2.23. The summed E-state index contributed by atoms with van der Waals surface area (Å²) in [5, 5.41) is 3.47. The van der Waals surface area contributed by atoms with Gasteiger partial charge in [0.25, 0.3) is 0 Å². The Bertz CT molecular complexity index is 599. The molecule has 104 valence electrons. The monoisotopic (exact) mass is 287 g/mol. The van der Waals surface area contributed by atoms with Crippen LogP contribution < -0.4 is 5.32 Å². The first kappa shape index (κ1) is 13.7. The van der Waals surface area contributed by atoms with Gasteiger partial charge in [-0.3, -0.25) is 0 Å². The lowest BCUT2D eigenvalue weighted by atomic mass is 10.0. The molecule has 0 fully saturated rings.